The van der Waals surface area contributed by atoms with Gasteiger partial charge in [0.2, 0.25) is 10.0 Å². The topological polar surface area (TPSA) is 75.7 Å². The van der Waals surface area contributed by atoms with E-state index in [9.17, 15) is 13.2 Å². The van der Waals surface area contributed by atoms with Crippen molar-refractivity contribution in [3.63, 3.8) is 0 Å². The third-order valence-corrected chi connectivity index (χ3v) is 6.59. The van der Waals surface area contributed by atoms with Gasteiger partial charge in [0, 0.05) is 24.3 Å². The number of nitrogens with one attached hydrogen (secondary N) is 1. The van der Waals surface area contributed by atoms with Gasteiger partial charge in [0.05, 0.1) is 12.0 Å². The van der Waals surface area contributed by atoms with E-state index in [0.717, 1.165) is 5.56 Å². The van der Waals surface area contributed by atoms with Gasteiger partial charge >= 0.3 is 0 Å². The number of ether oxygens (including phenoxy) is 1. The van der Waals surface area contributed by atoms with Gasteiger partial charge in [-0.3, -0.25) is 4.79 Å². The summed E-state index contributed by atoms with van der Waals surface area (Å²) in [6.07, 6.45) is 0. The van der Waals surface area contributed by atoms with Gasteiger partial charge < -0.3 is 10.1 Å². The van der Waals surface area contributed by atoms with Crippen LogP contribution in [0.15, 0.2) is 83.8 Å². The molecule has 0 fully saturated rings. The second-order valence-corrected chi connectivity index (χ2v) is 8.56. The van der Waals surface area contributed by atoms with Crippen LogP contribution < -0.4 is 10.1 Å². The number of hydrogen-bond acceptors (Lipinski definition) is 4. The van der Waals surface area contributed by atoms with Crippen molar-refractivity contribution in [2.24, 2.45) is 0 Å². The van der Waals surface area contributed by atoms with Crippen molar-refractivity contribution in [3.8, 4) is 5.75 Å². The lowest BCUT2D eigenvalue weighted by molar-refractivity contribution is 0.102. The van der Waals surface area contributed by atoms with Crippen LogP contribution in [0.4, 0.5) is 5.69 Å². The maximum absolute atomic E-state index is 13.0. The molecule has 30 heavy (non-hydrogen) atoms. The van der Waals surface area contributed by atoms with E-state index in [0.29, 0.717) is 23.5 Å². The highest BCUT2D eigenvalue weighted by atomic mass is 32.2. The zero-order valence-electron chi connectivity index (χ0n) is 16.9. The van der Waals surface area contributed by atoms with Crippen LogP contribution in [-0.2, 0) is 16.6 Å². The largest absolute Gasteiger partial charge is 0.497 e. The first kappa shape index (κ1) is 21.5. The molecule has 6 nitrogen and oxygen atoms in total. The Morgan fingerprint density at radius 3 is 2.13 bits per heavy atom. The predicted octanol–water partition coefficient (Wildman–Crippen LogP) is 4.16. The van der Waals surface area contributed by atoms with Crippen molar-refractivity contribution in [2.45, 2.75) is 18.4 Å². The first-order valence-corrected chi connectivity index (χ1v) is 11.0. The molecule has 3 rings (SSSR count). The molecule has 156 valence electrons. The second kappa shape index (κ2) is 9.56. The van der Waals surface area contributed by atoms with E-state index in [-0.39, 0.29) is 17.3 Å². The zero-order chi connectivity index (χ0) is 21.6. The molecule has 0 spiro atoms. The lowest BCUT2D eigenvalue weighted by Crippen LogP contribution is -2.30. The first-order valence-electron chi connectivity index (χ1n) is 9.53. The number of carbonyl (C=O) groups excluding carboxylic acids is 1. The van der Waals surface area contributed by atoms with Crippen LogP contribution in [0.5, 0.6) is 5.75 Å². The van der Waals surface area contributed by atoms with Crippen LogP contribution in [0, 0.1) is 0 Å². The Balaban J connectivity index is 1.71. The summed E-state index contributed by atoms with van der Waals surface area (Å²) < 4.78 is 32.4. The highest BCUT2D eigenvalue weighted by Gasteiger charge is 2.23. The van der Waals surface area contributed by atoms with Crippen molar-refractivity contribution in [1.82, 2.24) is 4.31 Å². The molecule has 7 heteroatoms. The Hall–Kier alpha value is -3.16. The van der Waals surface area contributed by atoms with E-state index in [2.05, 4.69) is 5.32 Å². The Bertz CT molecular complexity index is 1080. The third kappa shape index (κ3) is 5.06. The number of methoxy groups -OCH3 is 1. The number of amides is 1. The van der Waals surface area contributed by atoms with Crippen molar-refractivity contribution in [3.05, 3.63) is 90.0 Å². The lowest BCUT2D eigenvalue weighted by atomic mass is 10.1. The van der Waals surface area contributed by atoms with E-state index in [1.165, 1.54) is 23.5 Å². The fourth-order valence-electron chi connectivity index (χ4n) is 2.95. The number of benzene rings is 3. The van der Waals surface area contributed by atoms with Crippen molar-refractivity contribution in [1.29, 1.82) is 0 Å². The fourth-order valence-corrected chi connectivity index (χ4v) is 4.39. The molecule has 0 aliphatic heterocycles. The van der Waals surface area contributed by atoms with Gasteiger partial charge in [-0.1, -0.05) is 37.3 Å². The molecule has 1 N–H and O–H groups in total. The van der Waals surface area contributed by atoms with Crippen molar-refractivity contribution < 1.29 is 17.9 Å². The molecule has 3 aromatic rings. The molecule has 0 aromatic heterocycles. The molecule has 0 heterocycles. The van der Waals surface area contributed by atoms with E-state index < -0.39 is 10.0 Å². The van der Waals surface area contributed by atoms with Crippen LogP contribution >= 0.6 is 0 Å². The standard InChI is InChI=1S/C23H24N2O4S/c1-3-25(30(27,28)22-15-13-21(29-2)14-16-22)17-18-9-11-19(12-10-18)23(26)24-20-7-5-4-6-8-20/h4-16H,3,17H2,1-2H3,(H,24,26). The van der Waals surface area contributed by atoms with E-state index in [4.69, 9.17) is 4.74 Å². The van der Waals surface area contributed by atoms with E-state index in [1.807, 2.05) is 30.3 Å². The maximum Gasteiger partial charge on any atom is 0.255 e. The first-order chi connectivity index (χ1) is 14.4. The van der Waals surface area contributed by atoms with Gasteiger partial charge in [0.1, 0.15) is 5.75 Å². The van der Waals surface area contributed by atoms with Crippen LogP contribution in [0.1, 0.15) is 22.8 Å². The normalized spacial score (nSPS) is 11.3. The minimum atomic E-state index is -3.64. The average molecular weight is 425 g/mol. The highest BCUT2D eigenvalue weighted by Crippen LogP contribution is 2.21. The zero-order valence-corrected chi connectivity index (χ0v) is 17.7. The van der Waals surface area contributed by atoms with Gasteiger partial charge in [-0.2, -0.15) is 4.31 Å². The second-order valence-electron chi connectivity index (χ2n) is 6.62. The van der Waals surface area contributed by atoms with Crippen LogP contribution in [0.3, 0.4) is 0 Å². The summed E-state index contributed by atoms with van der Waals surface area (Å²) in [6.45, 7) is 2.33. The molecular weight excluding hydrogens is 400 g/mol. The summed E-state index contributed by atoms with van der Waals surface area (Å²) in [5, 5.41) is 2.83. The number of carbonyl (C=O) groups is 1. The van der Waals surface area contributed by atoms with Gasteiger partial charge in [0.15, 0.2) is 0 Å². The van der Waals surface area contributed by atoms with Crippen LogP contribution in [0.2, 0.25) is 0 Å². The average Bonchev–Trinajstić information content (AvgIpc) is 2.78. The van der Waals surface area contributed by atoms with Gasteiger partial charge in [-0.05, 0) is 54.1 Å². The van der Waals surface area contributed by atoms with E-state index in [1.54, 1.807) is 43.3 Å². The summed E-state index contributed by atoms with van der Waals surface area (Å²) in [7, 11) is -2.11. The maximum atomic E-state index is 13.0. The Labute approximate surface area is 177 Å². The molecule has 0 aliphatic carbocycles. The molecule has 0 atom stereocenters. The minimum absolute atomic E-state index is 0.212. The SMILES string of the molecule is CCN(Cc1ccc(C(=O)Nc2ccccc2)cc1)S(=O)(=O)c1ccc(OC)cc1. The summed E-state index contributed by atoms with van der Waals surface area (Å²) in [6, 6.07) is 22.5. The fraction of sp³-hybridized carbons (Fsp3) is 0.174. The predicted molar refractivity (Wildman–Crippen MR) is 117 cm³/mol. The molecule has 0 bridgehead atoms. The Morgan fingerprint density at radius 2 is 1.57 bits per heavy atom. The molecule has 1 amide bonds. The van der Waals surface area contributed by atoms with Crippen LogP contribution in [-0.4, -0.2) is 32.3 Å². The number of hydrogen-bond donors (Lipinski definition) is 1. The quantitative estimate of drug-likeness (QED) is 0.589. The smallest absolute Gasteiger partial charge is 0.255 e. The number of sulfonamides is 1. The van der Waals surface area contributed by atoms with Gasteiger partial charge in [-0.15, -0.1) is 0 Å². The molecule has 0 aliphatic rings. The summed E-state index contributed by atoms with van der Waals surface area (Å²) in [5.74, 6) is 0.382. The molecule has 0 radical (unpaired) electrons. The number of rotatable bonds is 8. The lowest BCUT2D eigenvalue weighted by Gasteiger charge is -2.21. The molecule has 0 saturated carbocycles. The third-order valence-electron chi connectivity index (χ3n) is 4.66. The Morgan fingerprint density at radius 1 is 0.933 bits per heavy atom. The monoisotopic (exact) mass is 424 g/mol. The summed E-state index contributed by atoms with van der Waals surface area (Å²) in [4.78, 5) is 12.6. The van der Waals surface area contributed by atoms with Gasteiger partial charge in [-0.25, -0.2) is 8.42 Å². The number of para-hydroxylation sites is 1. The number of nitrogens with zero attached hydrogens (tertiary/aromatic N) is 1. The molecule has 0 saturated heterocycles. The van der Waals surface area contributed by atoms with Crippen molar-refractivity contribution in [2.75, 3.05) is 19.0 Å². The van der Waals surface area contributed by atoms with E-state index >= 15 is 0 Å². The highest BCUT2D eigenvalue weighted by molar-refractivity contribution is 7.89. The van der Waals surface area contributed by atoms with Crippen molar-refractivity contribution >= 4 is 21.6 Å². The molecule has 0 unspecified atom stereocenters. The minimum Gasteiger partial charge on any atom is -0.497 e. The summed E-state index contributed by atoms with van der Waals surface area (Å²) in [5.41, 5.74) is 2.02. The molecule has 3 aromatic carbocycles. The number of anilines is 1. The Kier molecular flexibility index (Phi) is 6.87. The molecular formula is C23H24N2O4S. The van der Waals surface area contributed by atoms with Gasteiger partial charge in [0.25, 0.3) is 5.91 Å². The van der Waals surface area contributed by atoms with Crippen LogP contribution in [0.25, 0.3) is 0 Å². The summed E-state index contributed by atoms with van der Waals surface area (Å²) >= 11 is 0.